The average molecular weight is 1110 g/mol. The van der Waals surface area contributed by atoms with Gasteiger partial charge in [0.1, 0.15) is 30.0 Å². The van der Waals surface area contributed by atoms with Gasteiger partial charge in [0.05, 0.1) is 46.9 Å². The van der Waals surface area contributed by atoms with Gasteiger partial charge in [0.15, 0.2) is 5.82 Å². The molecule has 77 heavy (non-hydrogen) atoms. The average Bonchev–Trinajstić information content (AvgIpc) is 4.03. The van der Waals surface area contributed by atoms with Crippen LogP contribution in [0.4, 0.5) is 28.8 Å². The normalized spacial score (nSPS) is 16.4. The second kappa shape index (κ2) is 27.0. The molecular formula is C57H76ClN10O7PS. The molecule has 1 unspecified atom stereocenters. The number of likely N-dealkylation sites (tertiary alicyclic amines) is 1. The predicted molar refractivity (Wildman–Crippen MR) is 309 cm³/mol. The smallest absolute Gasteiger partial charge is 0.246 e. The van der Waals surface area contributed by atoms with E-state index in [1.165, 1.54) is 11.1 Å². The fourth-order valence-electron chi connectivity index (χ4n) is 9.84. The number of methoxy groups -OCH3 is 1. The molecule has 17 nitrogen and oxygen atoms in total. The van der Waals surface area contributed by atoms with Gasteiger partial charge in [-0.25, -0.2) is 9.97 Å². The zero-order valence-corrected chi connectivity index (χ0v) is 48.0. The van der Waals surface area contributed by atoms with Gasteiger partial charge in [-0.3, -0.25) is 19.2 Å². The lowest BCUT2D eigenvalue weighted by molar-refractivity contribution is -0.144. The number of nitrogens with one attached hydrogen (secondary N) is 5. The molecule has 2 aliphatic rings. The van der Waals surface area contributed by atoms with Crippen LogP contribution < -0.4 is 41.5 Å². The Balaban J connectivity index is 0.759. The number of aliphatic hydroxyl groups excluding tert-OH is 1. The number of unbranched alkanes of at least 4 members (excludes halogenated alkanes) is 6. The lowest BCUT2D eigenvalue weighted by Crippen LogP contribution is -2.57. The zero-order chi connectivity index (χ0) is 55.3. The van der Waals surface area contributed by atoms with Crippen molar-refractivity contribution >= 4 is 87.8 Å². The van der Waals surface area contributed by atoms with Gasteiger partial charge in [0.25, 0.3) is 0 Å². The van der Waals surface area contributed by atoms with Gasteiger partial charge in [-0.2, -0.15) is 4.98 Å². The van der Waals surface area contributed by atoms with Crippen LogP contribution in [0.1, 0.15) is 109 Å². The van der Waals surface area contributed by atoms with E-state index in [0.29, 0.717) is 52.1 Å². The van der Waals surface area contributed by atoms with Crippen molar-refractivity contribution in [2.75, 3.05) is 55.6 Å². The highest BCUT2D eigenvalue weighted by molar-refractivity contribution is 7.70. The van der Waals surface area contributed by atoms with Crippen LogP contribution in [-0.2, 0) is 30.3 Å². The van der Waals surface area contributed by atoms with Gasteiger partial charge in [0, 0.05) is 68.5 Å². The van der Waals surface area contributed by atoms with E-state index in [0.717, 1.165) is 91.8 Å². The summed E-state index contributed by atoms with van der Waals surface area (Å²) in [6.07, 6.45) is 9.57. The van der Waals surface area contributed by atoms with Crippen molar-refractivity contribution in [3.8, 4) is 16.2 Å². The SMILES string of the molecule is COc1cc(N2CCC(NC(=O)CCCCCCCCCC(=O)NC(C(=O)N3C[C@H](O)C[C@H]3C(=O)NCc3ccc(-c4scnc4C)cc3)C(C)(C)C)CC2)ccc1Nc1ncc(Cl)c(Nc2ccccc2P(C)(C)=O)n1. The topological polar surface area (TPSA) is 220 Å². The van der Waals surface area contributed by atoms with E-state index in [1.54, 1.807) is 31.8 Å². The monoisotopic (exact) mass is 1110 g/mol. The van der Waals surface area contributed by atoms with Crippen molar-refractivity contribution in [3.05, 3.63) is 94.7 Å². The van der Waals surface area contributed by atoms with Gasteiger partial charge in [0.2, 0.25) is 29.6 Å². The van der Waals surface area contributed by atoms with E-state index < -0.39 is 30.7 Å². The molecule has 414 valence electrons. The van der Waals surface area contributed by atoms with Crippen LogP contribution in [0.3, 0.4) is 0 Å². The number of ether oxygens (including phenoxy) is 1. The number of thiazole rings is 1. The number of rotatable bonds is 24. The molecule has 0 bridgehead atoms. The second-order valence-corrected chi connectivity index (χ2v) is 26.1. The number of halogens is 1. The van der Waals surface area contributed by atoms with Crippen molar-refractivity contribution in [1.82, 2.24) is 35.8 Å². The van der Waals surface area contributed by atoms with E-state index in [1.807, 2.05) is 99.9 Å². The highest BCUT2D eigenvalue weighted by atomic mass is 35.5. The van der Waals surface area contributed by atoms with Gasteiger partial charge in [-0.05, 0) is 86.7 Å². The number of carbonyl (C=O) groups is 4. The Morgan fingerprint density at radius 3 is 2.21 bits per heavy atom. The van der Waals surface area contributed by atoms with Crippen molar-refractivity contribution in [1.29, 1.82) is 0 Å². The van der Waals surface area contributed by atoms with Gasteiger partial charge < -0.3 is 50.8 Å². The first-order valence-electron chi connectivity index (χ1n) is 26.8. The van der Waals surface area contributed by atoms with E-state index in [9.17, 15) is 28.8 Å². The van der Waals surface area contributed by atoms with Crippen LogP contribution in [0.5, 0.6) is 5.75 Å². The van der Waals surface area contributed by atoms with E-state index in [2.05, 4.69) is 46.4 Å². The Labute approximate surface area is 462 Å². The molecule has 3 aromatic carbocycles. The predicted octanol–water partition coefficient (Wildman–Crippen LogP) is 9.71. The molecule has 4 amide bonds. The highest BCUT2D eigenvalue weighted by Gasteiger charge is 2.44. The molecule has 0 spiro atoms. The maximum atomic E-state index is 14.0. The molecule has 0 saturated carbocycles. The number of piperidine rings is 1. The number of anilines is 5. The number of aromatic nitrogens is 3. The molecule has 2 aliphatic heterocycles. The molecule has 5 aromatic rings. The summed E-state index contributed by atoms with van der Waals surface area (Å²) in [6.45, 7) is 12.9. The van der Waals surface area contributed by atoms with Gasteiger partial charge in [-0.15, -0.1) is 11.3 Å². The van der Waals surface area contributed by atoms with Crippen molar-refractivity contribution in [2.24, 2.45) is 5.41 Å². The quantitative estimate of drug-likeness (QED) is 0.0251. The molecule has 2 saturated heterocycles. The van der Waals surface area contributed by atoms with E-state index in [-0.39, 0.29) is 55.6 Å². The summed E-state index contributed by atoms with van der Waals surface area (Å²) in [5.41, 5.74) is 6.48. The number of nitrogens with zero attached hydrogens (tertiary/aromatic N) is 5. The second-order valence-electron chi connectivity index (χ2n) is 21.6. The number of β-amino-alcohol motifs (C(OH)–C–C–N with tert-alkyl or cyclic N) is 1. The van der Waals surface area contributed by atoms with Crippen molar-refractivity contribution in [3.63, 3.8) is 0 Å². The zero-order valence-electron chi connectivity index (χ0n) is 45.5. The fourth-order valence-corrected chi connectivity index (χ4v) is 11.9. The number of aryl methyl sites for hydroxylation is 1. The molecule has 7 rings (SSSR count). The number of hydrogen-bond acceptors (Lipinski definition) is 14. The third-order valence-electron chi connectivity index (χ3n) is 14.2. The minimum atomic E-state index is -2.57. The van der Waals surface area contributed by atoms with E-state index >= 15 is 0 Å². The molecule has 20 heteroatoms. The third kappa shape index (κ3) is 16.5. The number of benzene rings is 3. The molecular weight excluding hydrogens is 1040 g/mol. The number of aliphatic hydroxyl groups is 1. The Kier molecular flexibility index (Phi) is 20.6. The van der Waals surface area contributed by atoms with Crippen LogP contribution >= 0.6 is 30.1 Å². The number of hydrogen-bond donors (Lipinski definition) is 6. The Bertz CT molecular complexity index is 2870. The lowest BCUT2D eigenvalue weighted by Gasteiger charge is -2.35. The van der Waals surface area contributed by atoms with Crippen LogP contribution in [0, 0.1) is 12.3 Å². The lowest BCUT2D eigenvalue weighted by atomic mass is 9.85. The first-order chi connectivity index (χ1) is 36.8. The largest absolute Gasteiger partial charge is 0.494 e. The van der Waals surface area contributed by atoms with E-state index in [4.69, 9.17) is 16.3 Å². The first kappa shape index (κ1) is 58.6. The van der Waals surface area contributed by atoms with Crippen LogP contribution in [0.25, 0.3) is 10.4 Å². The Morgan fingerprint density at radius 2 is 1.56 bits per heavy atom. The molecule has 2 fully saturated rings. The Morgan fingerprint density at radius 1 is 0.883 bits per heavy atom. The Hall–Kier alpha value is -6.07. The molecule has 0 aliphatic carbocycles. The molecule has 6 N–H and O–H groups in total. The third-order valence-corrected chi connectivity index (χ3v) is 17.0. The maximum absolute atomic E-state index is 14.0. The van der Waals surface area contributed by atoms with Gasteiger partial charge >= 0.3 is 0 Å². The fraction of sp³-hybridized carbons (Fsp3) is 0.491. The number of carbonyl (C=O) groups excluding carboxylic acids is 4. The van der Waals surface area contributed by atoms with Crippen molar-refractivity contribution < 1.29 is 33.6 Å². The summed E-state index contributed by atoms with van der Waals surface area (Å²) in [4.78, 5) is 71.8. The van der Waals surface area contributed by atoms with Crippen LogP contribution in [0.15, 0.2) is 78.4 Å². The van der Waals surface area contributed by atoms with Crippen molar-refractivity contribution in [2.45, 2.75) is 136 Å². The van der Waals surface area contributed by atoms with Gasteiger partial charge in [-0.1, -0.05) is 101 Å². The minimum absolute atomic E-state index is 0.0228. The molecule has 0 radical (unpaired) electrons. The highest BCUT2D eigenvalue weighted by Crippen LogP contribution is 2.39. The summed E-state index contributed by atoms with van der Waals surface area (Å²) < 4.78 is 18.7. The maximum Gasteiger partial charge on any atom is 0.246 e. The van der Waals surface area contributed by atoms with Crippen LogP contribution in [-0.4, -0.2) is 113 Å². The summed E-state index contributed by atoms with van der Waals surface area (Å²) in [5, 5.41) is 27.3. The first-order valence-corrected chi connectivity index (χ1v) is 30.6. The summed E-state index contributed by atoms with van der Waals surface area (Å²) >= 11 is 8.06. The summed E-state index contributed by atoms with van der Waals surface area (Å²) in [5.74, 6) is 0.468. The minimum Gasteiger partial charge on any atom is -0.494 e. The summed E-state index contributed by atoms with van der Waals surface area (Å²) in [7, 11) is -0.955. The molecule has 2 aromatic heterocycles. The van der Waals surface area contributed by atoms with Crippen LogP contribution in [0.2, 0.25) is 5.02 Å². The number of para-hydroxylation sites is 1. The number of amides is 4. The molecule has 4 heterocycles. The summed E-state index contributed by atoms with van der Waals surface area (Å²) in [6, 6.07) is 19.7. The molecule has 3 atom stereocenters. The standard InChI is InChI=1S/C57H76ClN10O7PS/c1-37-51(77-36-61-37)39-23-21-38(22-24-39)33-59-54(72)46-32-42(69)35-68(46)55(73)52(57(2,3)4)65-50(71)20-14-12-10-8-9-11-13-19-49(70)62-40-27-29-67(30-28-40)41-25-26-44(47(31-41)75-5)64-56-60-34-43(58)53(66-56)63-45-17-15-16-18-48(45)76(6,7)74/h15-18,21-26,31,34,36,40,42,46,52,69H,8-14,19-20,27-30,32-33,35H2,1-7H3,(H,59,72)(H,62,70)(H,65,71)(H2,60,63,64,66)/t42-,46+,52?/m1/s1.